The van der Waals surface area contributed by atoms with Crippen molar-refractivity contribution < 1.29 is 4.74 Å². The number of hydrogen-bond donors (Lipinski definition) is 2. The highest BCUT2D eigenvalue weighted by Gasteiger charge is 2.08. The number of aliphatic imine (C=N–C) groups is 1. The van der Waals surface area contributed by atoms with E-state index in [1.54, 1.807) is 11.7 Å². The van der Waals surface area contributed by atoms with Gasteiger partial charge in [0.2, 0.25) is 0 Å². The highest BCUT2D eigenvalue weighted by molar-refractivity contribution is 5.79. The number of hydrogen-bond acceptors (Lipinski definition) is 4. The molecule has 1 aromatic carbocycles. The monoisotopic (exact) mass is 316 g/mol. The van der Waals surface area contributed by atoms with Crippen molar-refractivity contribution in [3.63, 3.8) is 0 Å². The zero-order chi connectivity index (χ0) is 16.7. The molecule has 0 bridgehead atoms. The van der Waals surface area contributed by atoms with Gasteiger partial charge in [-0.1, -0.05) is 18.2 Å². The quantitative estimate of drug-likeness (QED) is 0.620. The zero-order valence-corrected chi connectivity index (χ0v) is 14.1. The Morgan fingerprint density at radius 2 is 2.13 bits per heavy atom. The van der Waals surface area contributed by atoms with Gasteiger partial charge < -0.3 is 15.4 Å². The SMILES string of the molecule is CN=C(NCc1ncnn1C)NCC(C)Oc1ccccc1C. The highest BCUT2D eigenvalue weighted by Crippen LogP contribution is 2.17. The van der Waals surface area contributed by atoms with E-state index in [0.717, 1.165) is 17.1 Å². The molecule has 0 saturated heterocycles. The summed E-state index contributed by atoms with van der Waals surface area (Å²) in [6.07, 6.45) is 1.55. The van der Waals surface area contributed by atoms with E-state index in [1.165, 1.54) is 6.33 Å². The molecule has 2 N–H and O–H groups in total. The maximum Gasteiger partial charge on any atom is 0.191 e. The molecule has 0 aliphatic carbocycles. The predicted molar refractivity (Wildman–Crippen MR) is 90.5 cm³/mol. The molecule has 0 aliphatic heterocycles. The van der Waals surface area contributed by atoms with Gasteiger partial charge in [0.05, 0.1) is 13.1 Å². The van der Waals surface area contributed by atoms with Gasteiger partial charge >= 0.3 is 0 Å². The van der Waals surface area contributed by atoms with Crippen molar-refractivity contribution in [2.45, 2.75) is 26.5 Å². The summed E-state index contributed by atoms with van der Waals surface area (Å²) in [4.78, 5) is 8.36. The third-order valence-corrected chi connectivity index (χ3v) is 3.42. The van der Waals surface area contributed by atoms with Crippen LogP contribution in [0.15, 0.2) is 35.6 Å². The van der Waals surface area contributed by atoms with Gasteiger partial charge in [-0.15, -0.1) is 0 Å². The van der Waals surface area contributed by atoms with Gasteiger partial charge in [0.25, 0.3) is 0 Å². The smallest absolute Gasteiger partial charge is 0.191 e. The molecule has 0 aliphatic rings. The number of nitrogens with one attached hydrogen (secondary N) is 2. The Morgan fingerprint density at radius 3 is 2.78 bits per heavy atom. The molecule has 0 saturated carbocycles. The lowest BCUT2D eigenvalue weighted by Crippen LogP contribution is -2.41. The Labute approximate surface area is 136 Å². The molecule has 23 heavy (non-hydrogen) atoms. The Kier molecular flexibility index (Phi) is 5.96. The van der Waals surface area contributed by atoms with Gasteiger partial charge in [0, 0.05) is 14.1 Å². The fourth-order valence-corrected chi connectivity index (χ4v) is 2.05. The minimum absolute atomic E-state index is 0.0180. The maximum atomic E-state index is 5.94. The van der Waals surface area contributed by atoms with E-state index in [2.05, 4.69) is 25.7 Å². The largest absolute Gasteiger partial charge is 0.489 e. The lowest BCUT2D eigenvalue weighted by molar-refractivity contribution is 0.222. The Balaban J connectivity index is 1.79. The summed E-state index contributed by atoms with van der Waals surface area (Å²) >= 11 is 0. The summed E-state index contributed by atoms with van der Waals surface area (Å²) in [5, 5.41) is 10.5. The number of nitrogens with zero attached hydrogens (tertiary/aromatic N) is 4. The van der Waals surface area contributed by atoms with E-state index in [1.807, 2.05) is 45.2 Å². The normalized spacial score (nSPS) is 12.8. The molecule has 1 atom stereocenters. The highest BCUT2D eigenvalue weighted by atomic mass is 16.5. The molecule has 1 unspecified atom stereocenters. The first kappa shape index (κ1) is 16.8. The van der Waals surface area contributed by atoms with Crippen molar-refractivity contribution in [3.8, 4) is 5.75 Å². The van der Waals surface area contributed by atoms with Crippen LogP contribution in [0.3, 0.4) is 0 Å². The second-order valence-corrected chi connectivity index (χ2v) is 5.30. The molecule has 1 aromatic heterocycles. The average molecular weight is 316 g/mol. The van der Waals surface area contributed by atoms with Crippen LogP contribution in [0, 0.1) is 6.92 Å². The van der Waals surface area contributed by atoms with Crippen LogP contribution in [0.25, 0.3) is 0 Å². The van der Waals surface area contributed by atoms with Crippen molar-refractivity contribution in [1.82, 2.24) is 25.4 Å². The molecule has 0 amide bonds. The van der Waals surface area contributed by atoms with E-state index < -0.39 is 0 Å². The summed E-state index contributed by atoms with van der Waals surface area (Å²) in [5.41, 5.74) is 1.13. The number of para-hydroxylation sites is 1. The second-order valence-electron chi connectivity index (χ2n) is 5.30. The number of ether oxygens (including phenoxy) is 1. The van der Waals surface area contributed by atoms with Crippen molar-refractivity contribution in [1.29, 1.82) is 0 Å². The number of aryl methyl sites for hydroxylation is 2. The van der Waals surface area contributed by atoms with Crippen LogP contribution in [-0.4, -0.2) is 40.4 Å². The Hall–Kier alpha value is -2.57. The molecule has 7 nitrogen and oxygen atoms in total. The van der Waals surface area contributed by atoms with Gasteiger partial charge in [-0.3, -0.25) is 9.67 Å². The molecular formula is C16H24N6O. The minimum atomic E-state index is 0.0180. The van der Waals surface area contributed by atoms with Crippen LogP contribution >= 0.6 is 0 Å². The number of aromatic nitrogens is 3. The average Bonchev–Trinajstić information content (AvgIpc) is 2.95. The molecule has 2 rings (SSSR count). The first-order valence-corrected chi connectivity index (χ1v) is 7.60. The molecule has 0 spiro atoms. The molecule has 0 radical (unpaired) electrons. The number of guanidine groups is 1. The standard InChI is InChI=1S/C16H24N6O/c1-12-7-5-6-8-14(12)23-13(2)9-18-16(17-3)19-10-15-20-11-21-22(15)4/h5-8,11,13H,9-10H2,1-4H3,(H2,17,18,19). The van der Waals surface area contributed by atoms with Gasteiger partial charge in [0.15, 0.2) is 5.96 Å². The minimum Gasteiger partial charge on any atom is -0.489 e. The van der Waals surface area contributed by atoms with Crippen LogP contribution in [0.4, 0.5) is 0 Å². The van der Waals surface area contributed by atoms with Crippen LogP contribution in [-0.2, 0) is 13.6 Å². The fourth-order valence-electron chi connectivity index (χ4n) is 2.05. The summed E-state index contributed by atoms with van der Waals surface area (Å²) in [5.74, 6) is 2.45. The van der Waals surface area contributed by atoms with Crippen LogP contribution in [0.1, 0.15) is 18.3 Å². The fraction of sp³-hybridized carbons (Fsp3) is 0.438. The van der Waals surface area contributed by atoms with Crippen LogP contribution in [0.5, 0.6) is 5.75 Å². The van der Waals surface area contributed by atoms with Crippen molar-refractivity contribution in [2.75, 3.05) is 13.6 Å². The van der Waals surface area contributed by atoms with E-state index in [9.17, 15) is 0 Å². The zero-order valence-electron chi connectivity index (χ0n) is 14.1. The van der Waals surface area contributed by atoms with E-state index in [0.29, 0.717) is 19.0 Å². The summed E-state index contributed by atoms with van der Waals surface area (Å²) in [6, 6.07) is 8.00. The van der Waals surface area contributed by atoms with Crippen LogP contribution in [0.2, 0.25) is 0 Å². The van der Waals surface area contributed by atoms with Gasteiger partial charge in [-0.05, 0) is 25.5 Å². The summed E-state index contributed by atoms with van der Waals surface area (Å²) < 4.78 is 7.66. The summed E-state index contributed by atoms with van der Waals surface area (Å²) in [6.45, 7) is 5.27. The number of benzene rings is 1. The molecule has 7 heteroatoms. The predicted octanol–water partition coefficient (Wildman–Crippen LogP) is 1.26. The molecular weight excluding hydrogens is 292 g/mol. The van der Waals surface area contributed by atoms with E-state index in [-0.39, 0.29) is 6.10 Å². The third-order valence-electron chi connectivity index (χ3n) is 3.42. The van der Waals surface area contributed by atoms with Crippen molar-refractivity contribution in [3.05, 3.63) is 42.0 Å². The second kappa shape index (κ2) is 8.17. The molecule has 124 valence electrons. The topological polar surface area (TPSA) is 76.4 Å². The van der Waals surface area contributed by atoms with Gasteiger partial charge in [0.1, 0.15) is 24.0 Å². The lowest BCUT2D eigenvalue weighted by atomic mass is 10.2. The van der Waals surface area contributed by atoms with Gasteiger partial charge in [-0.2, -0.15) is 5.10 Å². The molecule has 0 fully saturated rings. The molecule has 2 aromatic rings. The van der Waals surface area contributed by atoms with E-state index >= 15 is 0 Å². The van der Waals surface area contributed by atoms with Crippen LogP contribution < -0.4 is 15.4 Å². The number of rotatable bonds is 6. The van der Waals surface area contributed by atoms with Crippen molar-refractivity contribution >= 4 is 5.96 Å². The first-order chi connectivity index (χ1) is 11.1. The lowest BCUT2D eigenvalue weighted by Gasteiger charge is -2.18. The summed E-state index contributed by atoms with van der Waals surface area (Å²) in [7, 11) is 3.59. The maximum absolute atomic E-state index is 5.94. The van der Waals surface area contributed by atoms with Gasteiger partial charge in [-0.25, -0.2) is 4.98 Å². The molecule has 1 heterocycles. The van der Waals surface area contributed by atoms with E-state index in [4.69, 9.17) is 4.74 Å². The Bertz CT molecular complexity index is 652. The van der Waals surface area contributed by atoms with Crippen molar-refractivity contribution in [2.24, 2.45) is 12.0 Å². The first-order valence-electron chi connectivity index (χ1n) is 7.60. The Morgan fingerprint density at radius 1 is 1.35 bits per heavy atom. The third kappa shape index (κ3) is 4.98.